The molecule has 0 aromatic heterocycles. The van der Waals surface area contributed by atoms with Crippen molar-refractivity contribution in [1.29, 1.82) is 0 Å². The van der Waals surface area contributed by atoms with Crippen LogP contribution in [0.15, 0.2) is 0 Å². The number of hydrogen-bond acceptors (Lipinski definition) is 6. The average Bonchev–Trinajstić information content (AvgIpc) is 2.36. The number of hydrogen-bond donors (Lipinski definition) is 0. The number of ether oxygens (including phenoxy) is 3. The summed E-state index contributed by atoms with van der Waals surface area (Å²) in [6.07, 6.45) is -0.188. The van der Waals surface area contributed by atoms with Gasteiger partial charge in [0.15, 0.2) is 0 Å². The fourth-order valence-electron chi connectivity index (χ4n) is 1.55. The van der Waals surface area contributed by atoms with Crippen LogP contribution in [0.3, 0.4) is 0 Å². The van der Waals surface area contributed by atoms with E-state index >= 15 is 0 Å². The van der Waals surface area contributed by atoms with Crippen LogP contribution in [0.1, 0.15) is 34.1 Å². The monoisotopic (exact) mass is 274 g/mol. The molecule has 0 unspecified atom stereocenters. The SMILES string of the molecule is CCOC(=O)C[C@H](C(=O)OCC)[C@H](C)C(=O)OCC. The molecule has 0 N–H and O–H groups in total. The van der Waals surface area contributed by atoms with Crippen molar-refractivity contribution in [3.8, 4) is 0 Å². The minimum absolute atomic E-state index is 0.188. The number of rotatable bonds is 8. The van der Waals surface area contributed by atoms with E-state index in [4.69, 9.17) is 14.2 Å². The smallest absolute Gasteiger partial charge is 0.310 e. The molecule has 110 valence electrons. The highest BCUT2D eigenvalue weighted by Gasteiger charge is 2.34. The maximum Gasteiger partial charge on any atom is 0.310 e. The van der Waals surface area contributed by atoms with E-state index in [2.05, 4.69) is 0 Å². The molecule has 0 aromatic rings. The van der Waals surface area contributed by atoms with Gasteiger partial charge in [0.2, 0.25) is 0 Å². The summed E-state index contributed by atoms with van der Waals surface area (Å²) in [7, 11) is 0. The van der Waals surface area contributed by atoms with E-state index in [0.717, 1.165) is 0 Å². The Hall–Kier alpha value is -1.59. The van der Waals surface area contributed by atoms with Gasteiger partial charge in [0.05, 0.1) is 38.1 Å². The lowest BCUT2D eigenvalue weighted by molar-refractivity contribution is -0.163. The maximum absolute atomic E-state index is 11.8. The van der Waals surface area contributed by atoms with Crippen LogP contribution in [0.2, 0.25) is 0 Å². The van der Waals surface area contributed by atoms with Crippen LogP contribution in [0.25, 0.3) is 0 Å². The van der Waals surface area contributed by atoms with Gasteiger partial charge in [-0.2, -0.15) is 0 Å². The molecule has 2 atom stereocenters. The molecule has 0 rings (SSSR count). The van der Waals surface area contributed by atoms with Gasteiger partial charge >= 0.3 is 17.9 Å². The third kappa shape index (κ3) is 6.22. The van der Waals surface area contributed by atoms with Gasteiger partial charge in [0.1, 0.15) is 0 Å². The highest BCUT2D eigenvalue weighted by atomic mass is 16.5. The average molecular weight is 274 g/mol. The second-order valence-corrected chi connectivity index (χ2v) is 3.91. The van der Waals surface area contributed by atoms with Crippen LogP contribution in [0, 0.1) is 11.8 Å². The predicted octanol–water partition coefficient (Wildman–Crippen LogP) is 1.32. The minimum atomic E-state index is -0.877. The van der Waals surface area contributed by atoms with E-state index in [9.17, 15) is 14.4 Å². The molecule has 0 spiro atoms. The molecule has 6 nitrogen and oxygen atoms in total. The second-order valence-electron chi connectivity index (χ2n) is 3.91. The van der Waals surface area contributed by atoms with Crippen molar-refractivity contribution in [2.75, 3.05) is 19.8 Å². The summed E-state index contributed by atoms with van der Waals surface area (Å²) in [5, 5.41) is 0. The molecule has 0 saturated carbocycles. The molecule has 0 amide bonds. The molecule has 0 saturated heterocycles. The van der Waals surface area contributed by atoms with Crippen molar-refractivity contribution in [1.82, 2.24) is 0 Å². The van der Waals surface area contributed by atoms with E-state index in [1.54, 1.807) is 27.7 Å². The third-order valence-electron chi connectivity index (χ3n) is 2.54. The van der Waals surface area contributed by atoms with Crippen LogP contribution in [-0.2, 0) is 28.6 Å². The van der Waals surface area contributed by atoms with Crippen molar-refractivity contribution in [3.05, 3.63) is 0 Å². The highest BCUT2D eigenvalue weighted by molar-refractivity contribution is 5.85. The molecular weight excluding hydrogens is 252 g/mol. The normalized spacial score (nSPS) is 13.3. The van der Waals surface area contributed by atoms with Crippen molar-refractivity contribution < 1.29 is 28.6 Å². The first kappa shape index (κ1) is 17.4. The summed E-state index contributed by atoms with van der Waals surface area (Å²) in [6, 6.07) is 0. The fraction of sp³-hybridized carbons (Fsp3) is 0.769. The van der Waals surface area contributed by atoms with E-state index in [-0.39, 0.29) is 26.2 Å². The Kier molecular flexibility index (Phi) is 8.57. The summed E-state index contributed by atoms with van der Waals surface area (Å²) in [4.78, 5) is 34.9. The summed E-state index contributed by atoms with van der Waals surface area (Å²) >= 11 is 0. The number of carbonyl (C=O) groups is 3. The standard InChI is InChI=1S/C13H22O6/c1-5-17-11(14)8-10(13(16)19-7-3)9(4)12(15)18-6-2/h9-10H,5-8H2,1-4H3/t9-,10-/m0/s1. The zero-order valence-electron chi connectivity index (χ0n) is 11.9. The van der Waals surface area contributed by atoms with Gasteiger partial charge in [-0.15, -0.1) is 0 Å². The molecule has 0 aliphatic rings. The maximum atomic E-state index is 11.8. The van der Waals surface area contributed by atoms with Gasteiger partial charge in [-0.1, -0.05) is 6.92 Å². The summed E-state index contributed by atoms with van der Waals surface area (Å²) in [5.74, 6) is -3.26. The predicted molar refractivity (Wildman–Crippen MR) is 67.2 cm³/mol. The Morgan fingerprint density at radius 1 is 0.842 bits per heavy atom. The lowest BCUT2D eigenvalue weighted by Crippen LogP contribution is -2.33. The van der Waals surface area contributed by atoms with Crippen LogP contribution in [0.5, 0.6) is 0 Å². The molecule has 0 aliphatic carbocycles. The first-order chi connectivity index (χ1) is 8.97. The molecule has 0 aliphatic heterocycles. The van der Waals surface area contributed by atoms with Crippen LogP contribution >= 0.6 is 0 Å². The molecule has 0 fully saturated rings. The zero-order valence-corrected chi connectivity index (χ0v) is 11.9. The third-order valence-corrected chi connectivity index (χ3v) is 2.54. The molecule has 0 heterocycles. The molecule has 0 bridgehead atoms. The first-order valence-electron chi connectivity index (χ1n) is 6.46. The van der Waals surface area contributed by atoms with E-state index in [1.165, 1.54) is 0 Å². The van der Waals surface area contributed by atoms with Gasteiger partial charge in [-0.25, -0.2) is 0 Å². The van der Waals surface area contributed by atoms with Crippen molar-refractivity contribution >= 4 is 17.9 Å². The Bertz CT molecular complexity index is 312. The van der Waals surface area contributed by atoms with Crippen molar-refractivity contribution in [2.45, 2.75) is 34.1 Å². The van der Waals surface area contributed by atoms with Crippen molar-refractivity contribution in [3.63, 3.8) is 0 Å². The Morgan fingerprint density at radius 3 is 1.79 bits per heavy atom. The molecule has 19 heavy (non-hydrogen) atoms. The van der Waals surface area contributed by atoms with Crippen LogP contribution in [-0.4, -0.2) is 37.7 Å². The summed E-state index contributed by atoms with van der Waals surface area (Å²) < 4.78 is 14.5. The summed E-state index contributed by atoms with van der Waals surface area (Å²) in [5.41, 5.74) is 0. The van der Waals surface area contributed by atoms with E-state index in [1.807, 2.05) is 0 Å². The molecule has 6 heteroatoms. The van der Waals surface area contributed by atoms with Gasteiger partial charge in [0, 0.05) is 0 Å². The van der Waals surface area contributed by atoms with Gasteiger partial charge in [0.25, 0.3) is 0 Å². The van der Waals surface area contributed by atoms with Crippen LogP contribution in [0.4, 0.5) is 0 Å². The van der Waals surface area contributed by atoms with Crippen LogP contribution < -0.4 is 0 Å². The number of esters is 3. The Labute approximate surface area is 113 Å². The minimum Gasteiger partial charge on any atom is -0.466 e. The van der Waals surface area contributed by atoms with Gasteiger partial charge in [-0.3, -0.25) is 14.4 Å². The van der Waals surface area contributed by atoms with Crippen molar-refractivity contribution in [2.24, 2.45) is 11.8 Å². The molecular formula is C13H22O6. The molecule has 0 radical (unpaired) electrons. The van der Waals surface area contributed by atoms with Gasteiger partial charge < -0.3 is 14.2 Å². The highest BCUT2D eigenvalue weighted by Crippen LogP contribution is 2.20. The summed E-state index contributed by atoms with van der Waals surface area (Å²) in [6.45, 7) is 7.18. The van der Waals surface area contributed by atoms with E-state index < -0.39 is 29.7 Å². The van der Waals surface area contributed by atoms with Gasteiger partial charge in [-0.05, 0) is 20.8 Å². The lowest BCUT2D eigenvalue weighted by atomic mass is 9.91. The largest absolute Gasteiger partial charge is 0.466 e. The second kappa shape index (κ2) is 9.35. The zero-order chi connectivity index (χ0) is 14.8. The quantitative estimate of drug-likeness (QED) is 0.490. The molecule has 0 aromatic carbocycles. The number of carbonyl (C=O) groups excluding carboxylic acids is 3. The lowest BCUT2D eigenvalue weighted by Gasteiger charge is -2.20. The first-order valence-corrected chi connectivity index (χ1v) is 6.46. The fourth-order valence-corrected chi connectivity index (χ4v) is 1.55. The Balaban J connectivity index is 4.79. The Morgan fingerprint density at radius 2 is 1.32 bits per heavy atom. The van der Waals surface area contributed by atoms with E-state index in [0.29, 0.717) is 0 Å². The topological polar surface area (TPSA) is 78.9 Å².